The summed E-state index contributed by atoms with van der Waals surface area (Å²) in [6, 6.07) is 4.89. The van der Waals surface area contributed by atoms with Crippen molar-refractivity contribution in [2.75, 3.05) is 7.11 Å². The molecule has 0 fully saturated rings. The van der Waals surface area contributed by atoms with Crippen molar-refractivity contribution in [2.24, 2.45) is 0 Å². The predicted molar refractivity (Wildman–Crippen MR) is 56.8 cm³/mol. The molecule has 90 valence electrons. The zero-order chi connectivity index (χ0) is 12.3. The van der Waals surface area contributed by atoms with E-state index in [0.29, 0.717) is 5.75 Å². The van der Waals surface area contributed by atoms with Crippen LogP contribution >= 0.6 is 0 Å². The number of hydrogen-bond donors (Lipinski definition) is 0. The average molecular weight is 232 g/mol. The van der Waals surface area contributed by atoms with E-state index in [1.165, 1.54) is 13.2 Å². The highest BCUT2D eigenvalue weighted by molar-refractivity contribution is 5.43. The number of para-hydroxylation sites is 1. The fourth-order valence-electron chi connectivity index (χ4n) is 1.66. The predicted octanol–water partition coefficient (Wildman–Crippen LogP) is 3.92. The summed E-state index contributed by atoms with van der Waals surface area (Å²) >= 11 is 0. The first-order chi connectivity index (χ1) is 7.35. The summed E-state index contributed by atoms with van der Waals surface area (Å²) < 4.78 is 42.1. The highest BCUT2D eigenvalue weighted by Crippen LogP contribution is 2.33. The molecule has 0 bridgehead atoms. The Bertz CT molecular complexity index is 356. The third-order valence-corrected chi connectivity index (χ3v) is 2.34. The second kappa shape index (κ2) is 4.76. The lowest BCUT2D eigenvalue weighted by Crippen LogP contribution is -2.13. The summed E-state index contributed by atoms with van der Waals surface area (Å²) in [5.41, 5.74) is 1.01. The van der Waals surface area contributed by atoms with Crippen LogP contribution < -0.4 is 4.74 Å². The molecule has 0 radical (unpaired) electrons. The zero-order valence-electron chi connectivity index (χ0n) is 9.56. The van der Waals surface area contributed by atoms with Gasteiger partial charge >= 0.3 is 6.18 Å². The van der Waals surface area contributed by atoms with Crippen LogP contribution in [0, 0.1) is 0 Å². The number of alkyl halides is 3. The molecule has 4 heteroatoms. The van der Waals surface area contributed by atoms with Gasteiger partial charge in [-0.05, 0) is 11.5 Å². The van der Waals surface area contributed by atoms with E-state index in [9.17, 15) is 13.2 Å². The number of benzene rings is 1. The number of ether oxygens (including phenoxy) is 1. The summed E-state index contributed by atoms with van der Waals surface area (Å²) in [5.74, 6) is 0.498. The molecule has 0 saturated carbocycles. The largest absolute Gasteiger partial charge is 0.496 e. The maximum absolute atomic E-state index is 12.3. The zero-order valence-corrected chi connectivity index (χ0v) is 9.56. The SMILES string of the molecule is COc1c(CC(F)(F)F)cccc1C(C)C. The molecule has 1 aromatic carbocycles. The normalized spacial score (nSPS) is 11.9. The van der Waals surface area contributed by atoms with Gasteiger partial charge in [0.05, 0.1) is 13.5 Å². The van der Waals surface area contributed by atoms with Crippen LogP contribution in [0.2, 0.25) is 0 Å². The molecule has 16 heavy (non-hydrogen) atoms. The molecule has 0 unspecified atom stereocenters. The Kier molecular flexibility index (Phi) is 3.83. The first-order valence-corrected chi connectivity index (χ1v) is 5.07. The van der Waals surface area contributed by atoms with E-state index in [2.05, 4.69) is 0 Å². The van der Waals surface area contributed by atoms with Crippen molar-refractivity contribution in [1.82, 2.24) is 0 Å². The molecule has 0 amide bonds. The maximum Gasteiger partial charge on any atom is 0.393 e. The summed E-state index contributed by atoms with van der Waals surface area (Å²) in [6.07, 6.45) is -5.15. The lowest BCUT2D eigenvalue weighted by Gasteiger charge is -2.16. The van der Waals surface area contributed by atoms with Gasteiger partial charge in [-0.25, -0.2) is 0 Å². The molecule has 0 saturated heterocycles. The van der Waals surface area contributed by atoms with Gasteiger partial charge in [0.25, 0.3) is 0 Å². The van der Waals surface area contributed by atoms with Crippen LogP contribution in [0.1, 0.15) is 30.9 Å². The minimum Gasteiger partial charge on any atom is -0.496 e. The average Bonchev–Trinajstić information content (AvgIpc) is 2.14. The Morgan fingerprint density at radius 2 is 1.88 bits per heavy atom. The first-order valence-electron chi connectivity index (χ1n) is 5.07. The Labute approximate surface area is 93.2 Å². The van der Waals surface area contributed by atoms with E-state index < -0.39 is 12.6 Å². The highest BCUT2D eigenvalue weighted by atomic mass is 19.4. The third-order valence-electron chi connectivity index (χ3n) is 2.34. The lowest BCUT2D eigenvalue weighted by atomic mass is 9.98. The number of halogens is 3. The number of rotatable bonds is 3. The third kappa shape index (κ3) is 3.15. The Balaban J connectivity index is 3.14. The van der Waals surface area contributed by atoms with E-state index in [4.69, 9.17) is 4.74 Å². The van der Waals surface area contributed by atoms with E-state index in [1.54, 1.807) is 12.1 Å². The fourth-order valence-corrected chi connectivity index (χ4v) is 1.66. The van der Waals surface area contributed by atoms with Crippen molar-refractivity contribution < 1.29 is 17.9 Å². The van der Waals surface area contributed by atoms with Crippen molar-refractivity contribution in [3.8, 4) is 5.75 Å². The van der Waals surface area contributed by atoms with Gasteiger partial charge in [-0.3, -0.25) is 0 Å². The Morgan fingerprint density at radius 1 is 1.25 bits per heavy atom. The highest BCUT2D eigenvalue weighted by Gasteiger charge is 2.29. The molecule has 1 aromatic rings. The van der Waals surface area contributed by atoms with Gasteiger partial charge in [-0.2, -0.15) is 13.2 Å². The summed E-state index contributed by atoms with van der Waals surface area (Å²) in [7, 11) is 1.40. The van der Waals surface area contributed by atoms with Crippen molar-refractivity contribution in [2.45, 2.75) is 32.4 Å². The van der Waals surface area contributed by atoms with Crippen molar-refractivity contribution in [3.63, 3.8) is 0 Å². The molecule has 1 rings (SSSR count). The van der Waals surface area contributed by atoms with Gasteiger partial charge in [0.2, 0.25) is 0 Å². The van der Waals surface area contributed by atoms with Gasteiger partial charge in [0.15, 0.2) is 0 Å². The van der Waals surface area contributed by atoms with Crippen molar-refractivity contribution in [3.05, 3.63) is 29.3 Å². The van der Waals surface area contributed by atoms with E-state index in [0.717, 1.165) is 5.56 Å². The minimum atomic E-state index is -4.21. The van der Waals surface area contributed by atoms with Gasteiger partial charge in [0, 0.05) is 5.56 Å². The second-order valence-corrected chi connectivity index (χ2v) is 3.99. The Morgan fingerprint density at radius 3 is 2.31 bits per heavy atom. The molecule has 0 aliphatic heterocycles. The van der Waals surface area contributed by atoms with Crippen LogP contribution in [0.25, 0.3) is 0 Å². The van der Waals surface area contributed by atoms with Gasteiger partial charge in [0.1, 0.15) is 5.75 Å². The molecule has 0 N–H and O–H groups in total. The molecule has 0 aliphatic rings. The standard InChI is InChI=1S/C12H15F3O/c1-8(2)10-6-4-5-9(11(10)16-3)7-12(13,14)15/h4-6,8H,7H2,1-3H3. The molecule has 0 aliphatic carbocycles. The van der Waals surface area contributed by atoms with E-state index in [1.807, 2.05) is 13.8 Å². The topological polar surface area (TPSA) is 9.23 Å². The molecule has 0 aromatic heterocycles. The minimum absolute atomic E-state index is 0.142. The quantitative estimate of drug-likeness (QED) is 0.767. The summed E-state index contributed by atoms with van der Waals surface area (Å²) in [6.45, 7) is 3.85. The van der Waals surface area contributed by atoms with Crippen LogP contribution in [-0.2, 0) is 6.42 Å². The molecule has 0 spiro atoms. The van der Waals surface area contributed by atoms with Crippen LogP contribution in [0.15, 0.2) is 18.2 Å². The first kappa shape index (κ1) is 12.9. The van der Waals surface area contributed by atoms with Crippen molar-refractivity contribution in [1.29, 1.82) is 0 Å². The molecule has 0 atom stereocenters. The van der Waals surface area contributed by atoms with Crippen LogP contribution in [0.5, 0.6) is 5.75 Å². The van der Waals surface area contributed by atoms with Gasteiger partial charge in [-0.15, -0.1) is 0 Å². The van der Waals surface area contributed by atoms with Crippen LogP contribution in [0.4, 0.5) is 13.2 Å². The second-order valence-electron chi connectivity index (χ2n) is 3.99. The molecular weight excluding hydrogens is 217 g/mol. The van der Waals surface area contributed by atoms with E-state index >= 15 is 0 Å². The lowest BCUT2D eigenvalue weighted by molar-refractivity contribution is -0.127. The van der Waals surface area contributed by atoms with Crippen LogP contribution in [0.3, 0.4) is 0 Å². The number of methoxy groups -OCH3 is 1. The number of hydrogen-bond acceptors (Lipinski definition) is 1. The van der Waals surface area contributed by atoms with Crippen molar-refractivity contribution >= 4 is 0 Å². The summed E-state index contributed by atoms with van der Waals surface area (Å²) in [4.78, 5) is 0. The maximum atomic E-state index is 12.3. The monoisotopic (exact) mass is 232 g/mol. The van der Waals surface area contributed by atoms with Gasteiger partial charge < -0.3 is 4.74 Å². The molecule has 1 nitrogen and oxygen atoms in total. The Hall–Kier alpha value is -1.19. The molecular formula is C12H15F3O. The summed E-state index contributed by atoms with van der Waals surface area (Å²) in [5, 5.41) is 0. The smallest absolute Gasteiger partial charge is 0.393 e. The molecule has 0 heterocycles. The van der Waals surface area contributed by atoms with Gasteiger partial charge in [-0.1, -0.05) is 32.0 Å². The van der Waals surface area contributed by atoms with E-state index in [-0.39, 0.29) is 11.5 Å². The van der Waals surface area contributed by atoms with Crippen LogP contribution in [-0.4, -0.2) is 13.3 Å². The fraction of sp³-hybridized carbons (Fsp3) is 0.500.